The number of aryl methyl sites for hydroxylation is 1. The molecule has 30 heavy (non-hydrogen) atoms. The minimum atomic E-state index is -3.13. The van der Waals surface area contributed by atoms with Crippen LogP contribution in [0.5, 0.6) is 0 Å². The van der Waals surface area contributed by atoms with Crippen LogP contribution < -0.4 is 5.32 Å². The summed E-state index contributed by atoms with van der Waals surface area (Å²) in [6.45, 7) is 3.76. The van der Waals surface area contributed by atoms with E-state index in [1.165, 1.54) is 32.1 Å². The number of amides is 1. The van der Waals surface area contributed by atoms with Gasteiger partial charge in [-0.05, 0) is 74.7 Å². The average molecular weight is 434 g/mol. The Bertz CT molecular complexity index is 774. The van der Waals surface area contributed by atoms with Crippen molar-refractivity contribution in [1.29, 1.82) is 0 Å². The van der Waals surface area contributed by atoms with E-state index in [2.05, 4.69) is 11.4 Å². The summed E-state index contributed by atoms with van der Waals surface area (Å²) < 4.78 is 25.3. The van der Waals surface area contributed by atoms with E-state index < -0.39 is 11.0 Å². The molecule has 6 nitrogen and oxygen atoms in total. The monoisotopic (exact) mass is 433 g/mol. The third-order valence-electron chi connectivity index (χ3n) is 7.82. The van der Waals surface area contributed by atoms with E-state index in [0.29, 0.717) is 37.5 Å². The van der Waals surface area contributed by atoms with Gasteiger partial charge in [-0.25, -0.2) is 0 Å². The van der Waals surface area contributed by atoms with Crippen molar-refractivity contribution in [2.24, 2.45) is 23.7 Å². The Morgan fingerprint density at radius 3 is 2.40 bits per heavy atom. The van der Waals surface area contributed by atoms with Gasteiger partial charge < -0.3 is 5.32 Å². The molecule has 166 valence electrons. The van der Waals surface area contributed by atoms with E-state index in [0.717, 1.165) is 29.4 Å². The van der Waals surface area contributed by atoms with Crippen LogP contribution >= 0.6 is 11.0 Å². The average Bonchev–Trinajstić information content (AvgIpc) is 2.67. The topological polar surface area (TPSA) is 76.0 Å². The van der Waals surface area contributed by atoms with E-state index in [-0.39, 0.29) is 12.5 Å². The molecule has 1 amide bonds. The normalized spacial score (nSPS) is 36.6. The molecule has 0 unspecified atom stereocenters. The van der Waals surface area contributed by atoms with Gasteiger partial charge in [0.15, 0.2) is 0 Å². The Labute approximate surface area is 181 Å². The summed E-state index contributed by atoms with van der Waals surface area (Å²) in [7, 11) is -3.13. The summed E-state index contributed by atoms with van der Waals surface area (Å²) in [6.07, 6.45) is 7.29. The van der Waals surface area contributed by atoms with Gasteiger partial charge in [0.2, 0.25) is 5.91 Å². The van der Waals surface area contributed by atoms with Crippen molar-refractivity contribution in [3.8, 4) is 0 Å². The van der Waals surface area contributed by atoms with Gasteiger partial charge in [0.05, 0.1) is 6.54 Å². The van der Waals surface area contributed by atoms with Crippen molar-refractivity contribution in [1.82, 2.24) is 13.9 Å². The van der Waals surface area contributed by atoms with Gasteiger partial charge in [-0.15, -0.1) is 0 Å². The third kappa shape index (κ3) is 4.02. The molecule has 0 radical (unpaired) electrons. The number of hydrogen-bond acceptors (Lipinski definition) is 5. The minimum absolute atomic E-state index is 0.0511. The van der Waals surface area contributed by atoms with Gasteiger partial charge in [0, 0.05) is 25.7 Å². The molecule has 4 aliphatic carbocycles. The lowest BCUT2D eigenvalue weighted by Gasteiger charge is -2.55. The first-order valence-electron chi connectivity index (χ1n) is 11.5. The zero-order chi connectivity index (χ0) is 20.9. The molecule has 1 heterocycles. The maximum absolute atomic E-state index is 12.9. The minimum Gasteiger partial charge on any atom is -0.352 e. The Kier molecular flexibility index (Phi) is 5.60. The molecule has 6 rings (SSSR count). The second-order valence-electron chi connectivity index (χ2n) is 10.1. The molecule has 0 spiro atoms. The fourth-order valence-corrected chi connectivity index (χ4v) is 8.42. The molecule has 4 bridgehead atoms. The van der Waals surface area contributed by atoms with Crippen molar-refractivity contribution < 1.29 is 13.9 Å². The van der Waals surface area contributed by atoms with Gasteiger partial charge in [-0.1, -0.05) is 40.8 Å². The number of nitrogens with one attached hydrogen (secondary N) is 1. The van der Waals surface area contributed by atoms with Gasteiger partial charge in [0.1, 0.15) is 0 Å². The van der Waals surface area contributed by atoms with E-state index >= 15 is 0 Å². The van der Waals surface area contributed by atoms with Crippen molar-refractivity contribution in [2.75, 3.05) is 19.6 Å². The predicted molar refractivity (Wildman–Crippen MR) is 120 cm³/mol. The van der Waals surface area contributed by atoms with Crippen LogP contribution in [-0.2, 0) is 11.3 Å². The summed E-state index contributed by atoms with van der Waals surface area (Å²) in [5.74, 6) is 2.97. The number of benzene rings is 1. The maximum atomic E-state index is 12.9. The van der Waals surface area contributed by atoms with E-state index in [4.69, 9.17) is 0 Å². The Morgan fingerprint density at radius 2 is 1.73 bits per heavy atom. The van der Waals surface area contributed by atoms with E-state index in [1.54, 1.807) is 8.61 Å². The number of carbonyl (C=O) groups excluding carboxylic acids is 1. The molecule has 1 aliphatic heterocycles. The SMILES string of the molecule is Cc1cccc(CN2CCCN(CC(=O)NC3C4CC5CC(C4)CC3C5)S2(O)O)c1. The largest absolute Gasteiger partial charge is 0.352 e. The standard InChI is InChI=1S/C23H35N3O3S/c1-16-4-2-5-17(8-16)14-25-6-3-7-26(30(25,28)29)15-22(27)24-23-20-10-18-9-19(12-20)13-21(23)11-18/h2,4-5,8,18-21,23,28-29H,3,6-7,9-15H2,1H3,(H,24,27). The molecule has 3 N–H and O–H groups in total. The lowest BCUT2D eigenvalue weighted by Crippen LogP contribution is -2.57. The van der Waals surface area contributed by atoms with Gasteiger partial charge in [-0.3, -0.25) is 13.9 Å². The van der Waals surface area contributed by atoms with Gasteiger partial charge >= 0.3 is 0 Å². The molecule has 1 saturated heterocycles. The van der Waals surface area contributed by atoms with Crippen LogP contribution in [0.3, 0.4) is 0 Å². The molecular weight excluding hydrogens is 398 g/mol. The van der Waals surface area contributed by atoms with Crippen LogP contribution in [0.25, 0.3) is 0 Å². The second-order valence-corrected chi connectivity index (χ2v) is 12.1. The highest BCUT2D eigenvalue weighted by atomic mass is 32.3. The quantitative estimate of drug-likeness (QED) is 0.654. The first kappa shape index (κ1) is 20.8. The van der Waals surface area contributed by atoms with Crippen LogP contribution in [0.4, 0.5) is 0 Å². The van der Waals surface area contributed by atoms with Crippen molar-refractivity contribution in [2.45, 2.75) is 58.0 Å². The van der Waals surface area contributed by atoms with E-state index in [9.17, 15) is 13.9 Å². The van der Waals surface area contributed by atoms with Crippen molar-refractivity contribution in [3.63, 3.8) is 0 Å². The van der Waals surface area contributed by atoms with Crippen LogP contribution in [0.2, 0.25) is 0 Å². The zero-order valence-corrected chi connectivity index (χ0v) is 18.7. The smallest absolute Gasteiger partial charge is 0.236 e. The van der Waals surface area contributed by atoms with Crippen LogP contribution in [-0.4, -0.2) is 49.3 Å². The second kappa shape index (κ2) is 8.10. The van der Waals surface area contributed by atoms with E-state index in [1.807, 2.05) is 25.1 Å². The Morgan fingerprint density at radius 1 is 1.07 bits per heavy atom. The highest BCUT2D eigenvalue weighted by molar-refractivity contribution is 8.20. The summed E-state index contributed by atoms with van der Waals surface area (Å²) in [5.41, 5.74) is 2.22. The molecule has 5 fully saturated rings. The maximum Gasteiger partial charge on any atom is 0.236 e. The predicted octanol–water partition coefficient (Wildman–Crippen LogP) is 4.02. The molecule has 0 atom stereocenters. The van der Waals surface area contributed by atoms with Crippen LogP contribution in [0.1, 0.15) is 49.7 Å². The molecule has 4 saturated carbocycles. The lowest BCUT2D eigenvalue weighted by atomic mass is 9.54. The van der Waals surface area contributed by atoms with Crippen LogP contribution in [0, 0.1) is 30.6 Å². The number of hydrogen-bond donors (Lipinski definition) is 3. The molecular formula is C23H35N3O3S. The molecule has 5 aliphatic rings. The van der Waals surface area contributed by atoms with Gasteiger partial charge in [-0.2, -0.15) is 8.61 Å². The van der Waals surface area contributed by atoms with Crippen molar-refractivity contribution >= 4 is 16.9 Å². The third-order valence-corrected chi connectivity index (χ3v) is 9.83. The summed E-state index contributed by atoms with van der Waals surface area (Å²) in [6, 6.07) is 8.42. The highest BCUT2D eigenvalue weighted by Crippen LogP contribution is 2.54. The fraction of sp³-hybridized carbons (Fsp3) is 0.696. The Balaban J connectivity index is 1.21. The van der Waals surface area contributed by atoms with Crippen molar-refractivity contribution in [3.05, 3.63) is 35.4 Å². The first-order chi connectivity index (χ1) is 14.4. The molecule has 7 heteroatoms. The molecule has 0 aromatic heterocycles. The summed E-state index contributed by atoms with van der Waals surface area (Å²) >= 11 is 0. The summed E-state index contributed by atoms with van der Waals surface area (Å²) in [4.78, 5) is 12.9. The fourth-order valence-electron chi connectivity index (χ4n) is 6.73. The van der Waals surface area contributed by atoms with Gasteiger partial charge in [0.25, 0.3) is 0 Å². The summed E-state index contributed by atoms with van der Waals surface area (Å²) in [5, 5.41) is 3.31. The lowest BCUT2D eigenvalue weighted by molar-refractivity contribution is -0.125. The first-order valence-corrected chi connectivity index (χ1v) is 13.0. The number of rotatable bonds is 5. The molecule has 1 aromatic rings. The Hall–Kier alpha value is -1.12. The van der Waals surface area contributed by atoms with Crippen LogP contribution in [0.15, 0.2) is 24.3 Å². The highest BCUT2D eigenvalue weighted by Gasteiger charge is 2.48. The zero-order valence-electron chi connectivity index (χ0n) is 17.9. The molecule has 1 aromatic carbocycles. The number of nitrogens with zero attached hydrogens (tertiary/aromatic N) is 2. The number of carbonyl (C=O) groups is 1.